The van der Waals surface area contributed by atoms with Crippen LogP contribution in [0.15, 0.2) is 46.2 Å². The van der Waals surface area contributed by atoms with Gasteiger partial charge in [0.2, 0.25) is 20.0 Å². The van der Waals surface area contributed by atoms with Gasteiger partial charge >= 0.3 is 0 Å². The molecule has 0 aliphatic carbocycles. The Morgan fingerprint density at radius 3 is 1.85 bits per heavy atom. The van der Waals surface area contributed by atoms with E-state index in [1.807, 2.05) is 0 Å². The summed E-state index contributed by atoms with van der Waals surface area (Å²) < 4.78 is 76.9. The van der Waals surface area contributed by atoms with Crippen molar-refractivity contribution in [3.05, 3.63) is 36.4 Å². The van der Waals surface area contributed by atoms with E-state index in [4.69, 9.17) is 18.9 Å². The summed E-state index contributed by atoms with van der Waals surface area (Å²) in [6, 6.07) is 8.04. The van der Waals surface area contributed by atoms with Crippen molar-refractivity contribution in [1.82, 2.24) is 9.03 Å². The molecule has 0 saturated carbocycles. The number of rotatable bonds is 9. The van der Waals surface area contributed by atoms with E-state index in [1.54, 1.807) is 0 Å². The molecule has 2 aromatic carbocycles. The molecule has 33 heavy (non-hydrogen) atoms. The number of benzene rings is 2. The lowest BCUT2D eigenvalue weighted by molar-refractivity contribution is 0.303. The maximum absolute atomic E-state index is 13.2. The van der Waals surface area contributed by atoms with E-state index in [0.29, 0.717) is 30.1 Å². The highest BCUT2D eigenvalue weighted by Crippen LogP contribution is 2.32. The zero-order chi connectivity index (χ0) is 24.2. The second-order valence-electron chi connectivity index (χ2n) is 7.36. The van der Waals surface area contributed by atoms with E-state index >= 15 is 0 Å². The molecule has 1 atom stereocenters. The highest BCUT2D eigenvalue weighted by Gasteiger charge is 2.33. The number of methoxy groups -OCH3 is 4. The largest absolute Gasteiger partial charge is 0.493 e. The van der Waals surface area contributed by atoms with Crippen LogP contribution in [0.2, 0.25) is 0 Å². The van der Waals surface area contributed by atoms with Crippen molar-refractivity contribution in [2.24, 2.45) is 0 Å². The maximum atomic E-state index is 13.2. The van der Waals surface area contributed by atoms with Crippen LogP contribution >= 0.6 is 0 Å². The van der Waals surface area contributed by atoms with E-state index in [-0.39, 0.29) is 28.6 Å². The number of hydrogen-bond acceptors (Lipinski definition) is 8. The van der Waals surface area contributed by atoms with Crippen molar-refractivity contribution in [3.63, 3.8) is 0 Å². The van der Waals surface area contributed by atoms with Crippen molar-refractivity contribution < 1.29 is 35.8 Å². The molecule has 1 aliphatic heterocycles. The molecule has 1 aliphatic rings. The lowest BCUT2D eigenvalue weighted by Crippen LogP contribution is -2.49. The van der Waals surface area contributed by atoms with Crippen LogP contribution < -0.4 is 23.7 Å². The summed E-state index contributed by atoms with van der Waals surface area (Å²) in [6.45, 7) is 0.286. The van der Waals surface area contributed by atoms with Crippen molar-refractivity contribution in [2.75, 3.05) is 41.5 Å². The third-order valence-corrected chi connectivity index (χ3v) is 8.74. The zero-order valence-electron chi connectivity index (χ0n) is 18.9. The third kappa shape index (κ3) is 5.35. The Kier molecular flexibility index (Phi) is 7.73. The molecule has 1 N–H and O–H groups in total. The standard InChI is InChI=1S/C21H28N2O8S2/c1-28-18-9-7-16(12-20(18)30-3)32(24,25)22-15-6-5-11-23(14-15)33(26,27)17-8-10-19(29-2)21(13-17)31-4/h7-10,12-13,15,22H,5-6,11,14H2,1-4H3. The molecule has 1 fully saturated rings. The predicted molar refractivity (Wildman–Crippen MR) is 121 cm³/mol. The summed E-state index contributed by atoms with van der Waals surface area (Å²) in [5, 5.41) is 0. The highest BCUT2D eigenvalue weighted by atomic mass is 32.2. The Balaban J connectivity index is 1.80. The first kappa shape index (κ1) is 25.1. The van der Waals surface area contributed by atoms with Gasteiger partial charge < -0.3 is 18.9 Å². The minimum atomic E-state index is -3.91. The van der Waals surface area contributed by atoms with Gasteiger partial charge in [0.05, 0.1) is 38.2 Å². The van der Waals surface area contributed by atoms with E-state index in [1.165, 1.54) is 69.1 Å². The van der Waals surface area contributed by atoms with Crippen LogP contribution in [0.1, 0.15) is 12.8 Å². The Morgan fingerprint density at radius 2 is 1.30 bits per heavy atom. The average molecular weight is 501 g/mol. The fourth-order valence-corrected chi connectivity index (χ4v) is 6.47. The molecule has 0 amide bonds. The Bertz CT molecular complexity index is 1200. The fraction of sp³-hybridized carbons (Fsp3) is 0.429. The second-order valence-corrected chi connectivity index (χ2v) is 11.0. The van der Waals surface area contributed by atoms with Crippen LogP contribution in [0.4, 0.5) is 0 Å². The summed E-state index contributed by atoms with van der Waals surface area (Å²) in [4.78, 5) is 0.0450. The topological polar surface area (TPSA) is 120 Å². The van der Waals surface area contributed by atoms with E-state index < -0.39 is 26.1 Å². The lowest BCUT2D eigenvalue weighted by atomic mass is 10.1. The van der Waals surface area contributed by atoms with Crippen LogP contribution in [0.25, 0.3) is 0 Å². The van der Waals surface area contributed by atoms with Crippen molar-refractivity contribution in [1.29, 1.82) is 0 Å². The Hall–Kier alpha value is -2.54. The highest BCUT2D eigenvalue weighted by molar-refractivity contribution is 7.89. The van der Waals surface area contributed by atoms with E-state index in [9.17, 15) is 16.8 Å². The smallest absolute Gasteiger partial charge is 0.243 e. The Morgan fingerprint density at radius 1 is 0.788 bits per heavy atom. The molecule has 3 rings (SSSR count). The summed E-state index contributed by atoms with van der Waals surface area (Å²) in [6.07, 6.45) is 1.01. The number of piperidine rings is 1. The number of hydrogen-bond donors (Lipinski definition) is 1. The molecule has 1 unspecified atom stereocenters. The molecule has 1 heterocycles. The van der Waals surface area contributed by atoms with Gasteiger partial charge in [-0.1, -0.05) is 0 Å². The molecule has 2 aromatic rings. The van der Waals surface area contributed by atoms with E-state index in [2.05, 4.69) is 4.72 Å². The summed E-state index contributed by atoms with van der Waals surface area (Å²) in [7, 11) is -2.02. The van der Waals surface area contributed by atoms with Gasteiger partial charge in [0.1, 0.15) is 0 Å². The SMILES string of the molecule is COc1ccc(S(=O)(=O)NC2CCCN(S(=O)(=O)c3ccc(OC)c(OC)c3)C2)cc1OC. The third-order valence-electron chi connectivity index (χ3n) is 5.36. The quantitative estimate of drug-likeness (QED) is 0.554. The number of nitrogens with one attached hydrogen (secondary N) is 1. The van der Waals surface area contributed by atoms with Gasteiger partial charge in [-0.3, -0.25) is 0 Å². The van der Waals surface area contributed by atoms with Gasteiger partial charge in [0.25, 0.3) is 0 Å². The zero-order valence-corrected chi connectivity index (χ0v) is 20.5. The molecule has 12 heteroatoms. The minimum Gasteiger partial charge on any atom is -0.493 e. The molecule has 0 aromatic heterocycles. The van der Waals surface area contributed by atoms with Gasteiger partial charge in [-0.15, -0.1) is 0 Å². The van der Waals surface area contributed by atoms with Crippen LogP contribution in [0, 0.1) is 0 Å². The number of sulfonamides is 2. The first-order chi connectivity index (χ1) is 15.7. The summed E-state index contributed by atoms with van der Waals surface area (Å²) >= 11 is 0. The second kappa shape index (κ2) is 10.2. The average Bonchev–Trinajstić information content (AvgIpc) is 2.82. The normalized spacial score (nSPS) is 17.4. The fourth-order valence-electron chi connectivity index (χ4n) is 3.65. The van der Waals surface area contributed by atoms with Crippen LogP contribution in [0.3, 0.4) is 0 Å². The number of ether oxygens (including phenoxy) is 4. The van der Waals surface area contributed by atoms with Crippen LogP contribution in [-0.2, 0) is 20.0 Å². The van der Waals surface area contributed by atoms with Crippen molar-refractivity contribution in [2.45, 2.75) is 28.7 Å². The first-order valence-corrected chi connectivity index (χ1v) is 13.0. The van der Waals surface area contributed by atoms with Gasteiger partial charge in [-0.2, -0.15) is 4.31 Å². The molecule has 0 radical (unpaired) electrons. The molecular weight excluding hydrogens is 472 g/mol. The van der Waals surface area contributed by atoms with Gasteiger partial charge in [-0.05, 0) is 37.1 Å². The van der Waals surface area contributed by atoms with Crippen molar-refractivity contribution in [3.8, 4) is 23.0 Å². The van der Waals surface area contributed by atoms with Gasteiger partial charge in [-0.25, -0.2) is 21.6 Å². The van der Waals surface area contributed by atoms with Crippen LogP contribution in [0.5, 0.6) is 23.0 Å². The molecule has 0 bridgehead atoms. The van der Waals surface area contributed by atoms with Gasteiger partial charge in [0, 0.05) is 31.3 Å². The Labute approximate surface area is 194 Å². The molecule has 10 nitrogen and oxygen atoms in total. The lowest BCUT2D eigenvalue weighted by Gasteiger charge is -2.32. The first-order valence-electron chi connectivity index (χ1n) is 10.1. The van der Waals surface area contributed by atoms with Gasteiger partial charge in [0.15, 0.2) is 23.0 Å². The van der Waals surface area contributed by atoms with E-state index in [0.717, 1.165) is 0 Å². The predicted octanol–water partition coefficient (Wildman–Crippen LogP) is 1.85. The monoisotopic (exact) mass is 500 g/mol. The maximum Gasteiger partial charge on any atom is 0.243 e. The van der Waals surface area contributed by atoms with Crippen LogP contribution in [-0.4, -0.2) is 68.7 Å². The number of nitrogens with zero attached hydrogens (tertiary/aromatic N) is 1. The molecule has 182 valence electrons. The molecular formula is C21H28N2O8S2. The minimum absolute atomic E-state index is 0.0000198. The van der Waals surface area contributed by atoms with Crippen molar-refractivity contribution >= 4 is 20.0 Å². The molecule has 1 saturated heterocycles. The summed E-state index contributed by atoms with van der Waals surface area (Å²) in [5.74, 6) is 1.39. The summed E-state index contributed by atoms with van der Waals surface area (Å²) in [5.41, 5.74) is 0. The molecule has 0 spiro atoms.